The lowest BCUT2D eigenvalue weighted by atomic mass is 9.99. The van der Waals surface area contributed by atoms with Crippen LogP contribution in [-0.4, -0.2) is 7.11 Å². The average Bonchev–Trinajstić information content (AvgIpc) is 2.40. The molecule has 2 aromatic rings. The summed E-state index contributed by atoms with van der Waals surface area (Å²) in [6.45, 7) is 0. The van der Waals surface area contributed by atoms with Crippen LogP contribution in [0.3, 0.4) is 0 Å². The first-order valence-corrected chi connectivity index (χ1v) is 5.83. The molecule has 2 nitrogen and oxygen atoms in total. The zero-order valence-electron chi connectivity index (χ0n) is 10.3. The van der Waals surface area contributed by atoms with Gasteiger partial charge in [0.25, 0.3) is 0 Å². The summed E-state index contributed by atoms with van der Waals surface area (Å²) >= 11 is 0. The Morgan fingerprint density at radius 3 is 2.56 bits per heavy atom. The fourth-order valence-electron chi connectivity index (χ4n) is 1.89. The molecule has 3 heteroatoms. The van der Waals surface area contributed by atoms with E-state index >= 15 is 0 Å². The van der Waals surface area contributed by atoms with E-state index < -0.39 is 0 Å². The van der Waals surface area contributed by atoms with Crippen LogP contribution in [0, 0.1) is 5.82 Å². The fourth-order valence-corrected chi connectivity index (χ4v) is 1.89. The molecule has 0 amide bonds. The first-order valence-electron chi connectivity index (χ1n) is 5.83. The minimum absolute atomic E-state index is 0.165. The van der Waals surface area contributed by atoms with Crippen molar-refractivity contribution >= 4 is 0 Å². The van der Waals surface area contributed by atoms with E-state index in [1.807, 2.05) is 30.3 Å². The van der Waals surface area contributed by atoms with Gasteiger partial charge in [-0.05, 0) is 29.7 Å². The fraction of sp³-hybridized carbons (Fsp3) is 0.200. The molecule has 2 aromatic carbocycles. The SMILES string of the molecule is COc1cc(C(N)Cc2ccccc2)ccc1F. The average molecular weight is 245 g/mol. The highest BCUT2D eigenvalue weighted by Gasteiger charge is 2.10. The van der Waals surface area contributed by atoms with Gasteiger partial charge in [-0.25, -0.2) is 4.39 Å². The maximum Gasteiger partial charge on any atom is 0.165 e. The van der Waals surface area contributed by atoms with Gasteiger partial charge < -0.3 is 10.5 Å². The lowest BCUT2D eigenvalue weighted by Crippen LogP contribution is -2.13. The summed E-state index contributed by atoms with van der Waals surface area (Å²) in [6, 6.07) is 14.6. The van der Waals surface area contributed by atoms with Crippen molar-refractivity contribution < 1.29 is 9.13 Å². The van der Waals surface area contributed by atoms with Crippen LogP contribution in [0.1, 0.15) is 17.2 Å². The van der Waals surface area contributed by atoms with Crippen molar-refractivity contribution in [3.63, 3.8) is 0 Å². The Hall–Kier alpha value is -1.87. The molecule has 0 heterocycles. The quantitative estimate of drug-likeness (QED) is 0.898. The summed E-state index contributed by atoms with van der Waals surface area (Å²) < 4.78 is 18.2. The van der Waals surface area contributed by atoms with E-state index in [9.17, 15) is 4.39 Å². The van der Waals surface area contributed by atoms with Crippen LogP contribution in [0.25, 0.3) is 0 Å². The van der Waals surface area contributed by atoms with E-state index in [0.29, 0.717) is 0 Å². The van der Waals surface area contributed by atoms with Gasteiger partial charge in [-0.2, -0.15) is 0 Å². The molecule has 2 rings (SSSR count). The van der Waals surface area contributed by atoms with Crippen molar-refractivity contribution in [3.05, 3.63) is 65.5 Å². The third-order valence-corrected chi connectivity index (χ3v) is 2.90. The summed E-state index contributed by atoms with van der Waals surface area (Å²) in [7, 11) is 1.45. The zero-order valence-corrected chi connectivity index (χ0v) is 10.3. The second-order valence-electron chi connectivity index (χ2n) is 4.19. The number of hydrogen-bond acceptors (Lipinski definition) is 2. The third kappa shape index (κ3) is 2.87. The molecule has 1 atom stereocenters. The number of halogens is 1. The Bertz CT molecular complexity index is 513. The van der Waals surface area contributed by atoms with Crippen molar-refractivity contribution in [2.45, 2.75) is 12.5 Å². The highest BCUT2D eigenvalue weighted by Crippen LogP contribution is 2.23. The van der Waals surface area contributed by atoms with E-state index in [2.05, 4.69) is 0 Å². The van der Waals surface area contributed by atoms with Gasteiger partial charge >= 0.3 is 0 Å². The Morgan fingerprint density at radius 2 is 1.89 bits per heavy atom. The first kappa shape index (κ1) is 12.6. The van der Waals surface area contributed by atoms with Crippen molar-refractivity contribution in [1.29, 1.82) is 0 Å². The highest BCUT2D eigenvalue weighted by atomic mass is 19.1. The van der Waals surface area contributed by atoms with Gasteiger partial charge in [-0.1, -0.05) is 36.4 Å². The molecule has 1 unspecified atom stereocenters. The number of benzene rings is 2. The number of rotatable bonds is 4. The van der Waals surface area contributed by atoms with E-state index in [4.69, 9.17) is 10.5 Å². The molecule has 0 aliphatic carbocycles. The van der Waals surface area contributed by atoms with Gasteiger partial charge in [0.15, 0.2) is 11.6 Å². The molecule has 0 bridgehead atoms. The topological polar surface area (TPSA) is 35.2 Å². The number of nitrogens with two attached hydrogens (primary N) is 1. The number of hydrogen-bond donors (Lipinski definition) is 1. The molecule has 18 heavy (non-hydrogen) atoms. The van der Waals surface area contributed by atoms with Crippen molar-refractivity contribution in [2.24, 2.45) is 5.73 Å². The van der Waals surface area contributed by atoms with Crippen molar-refractivity contribution in [1.82, 2.24) is 0 Å². The second-order valence-corrected chi connectivity index (χ2v) is 4.19. The summed E-state index contributed by atoms with van der Waals surface area (Å²) in [5.74, 6) is -0.135. The molecule has 0 saturated carbocycles. The monoisotopic (exact) mass is 245 g/mol. The van der Waals surface area contributed by atoms with Crippen LogP contribution in [0.5, 0.6) is 5.75 Å². The largest absolute Gasteiger partial charge is 0.494 e. The van der Waals surface area contributed by atoms with E-state index in [1.54, 1.807) is 12.1 Å². The summed E-state index contributed by atoms with van der Waals surface area (Å²) in [5, 5.41) is 0. The van der Waals surface area contributed by atoms with Crippen molar-refractivity contribution in [2.75, 3.05) is 7.11 Å². The molecule has 94 valence electrons. The Kier molecular flexibility index (Phi) is 3.95. The second kappa shape index (κ2) is 5.65. The Balaban J connectivity index is 2.16. The van der Waals surface area contributed by atoms with Gasteiger partial charge in [0, 0.05) is 6.04 Å². The molecular weight excluding hydrogens is 229 g/mol. The summed E-state index contributed by atoms with van der Waals surface area (Å²) in [5.41, 5.74) is 8.16. The molecule has 0 radical (unpaired) electrons. The Morgan fingerprint density at radius 1 is 1.17 bits per heavy atom. The Labute approximate surface area is 106 Å². The lowest BCUT2D eigenvalue weighted by molar-refractivity contribution is 0.385. The van der Waals surface area contributed by atoms with E-state index in [0.717, 1.165) is 17.5 Å². The molecule has 0 aliphatic rings. The van der Waals surface area contributed by atoms with Crippen LogP contribution in [0.4, 0.5) is 4.39 Å². The summed E-state index contributed by atoms with van der Waals surface area (Å²) in [4.78, 5) is 0. The van der Waals surface area contributed by atoms with Crippen LogP contribution in [-0.2, 0) is 6.42 Å². The smallest absolute Gasteiger partial charge is 0.165 e. The van der Waals surface area contributed by atoms with Gasteiger partial charge in [0.05, 0.1) is 7.11 Å². The van der Waals surface area contributed by atoms with Gasteiger partial charge in [-0.3, -0.25) is 0 Å². The van der Waals surface area contributed by atoms with Crippen LogP contribution >= 0.6 is 0 Å². The number of methoxy groups -OCH3 is 1. The lowest BCUT2D eigenvalue weighted by Gasteiger charge is -2.13. The molecule has 2 N–H and O–H groups in total. The first-order chi connectivity index (χ1) is 8.70. The maximum atomic E-state index is 13.3. The predicted molar refractivity (Wildman–Crippen MR) is 70.0 cm³/mol. The van der Waals surface area contributed by atoms with Crippen LogP contribution in [0.15, 0.2) is 48.5 Å². The normalized spacial score (nSPS) is 12.2. The third-order valence-electron chi connectivity index (χ3n) is 2.90. The maximum absolute atomic E-state index is 13.3. The zero-order chi connectivity index (χ0) is 13.0. The van der Waals surface area contributed by atoms with Crippen LogP contribution < -0.4 is 10.5 Å². The highest BCUT2D eigenvalue weighted by molar-refractivity contribution is 5.33. The molecule has 0 spiro atoms. The summed E-state index contributed by atoms with van der Waals surface area (Å²) in [6.07, 6.45) is 0.718. The minimum Gasteiger partial charge on any atom is -0.494 e. The number of ether oxygens (including phenoxy) is 1. The molecule has 0 saturated heterocycles. The van der Waals surface area contributed by atoms with Gasteiger partial charge in [0.2, 0.25) is 0 Å². The van der Waals surface area contributed by atoms with Crippen LogP contribution in [0.2, 0.25) is 0 Å². The van der Waals surface area contributed by atoms with Crippen molar-refractivity contribution in [3.8, 4) is 5.75 Å². The predicted octanol–water partition coefficient (Wildman–Crippen LogP) is 3.08. The molecule has 0 aromatic heterocycles. The molecule has 0 fully saturated rings. The molecule has 0 aliphatic heterocycles. The standard InChI is InChI=1S/C15H16FNO/c1-18-15-10-12(7-8-13(15)16)14(17)9-11-5-3-2-4-6-11/h2-8,10,14H,9,17H2,1H3. The van der Waals surface area contributed by atoms with E-state index in [-0.39, 0.29) is 17.6 Å². The van der Waals surface area contributed by atoms with Gasteiger partial charge in [0.1, 0.15) is 0 Å². The van der Waals surface area contributed by atoms with Gasteiger partial charge in [-0.15, -0.1) is 0 Å². The van der Waals surface area contributed by atoms with E-state index in [1.165, 1.54) is 13.2 Å². The minimum atomic E-state index is -0.367. The molecular formula is C15H16FNO.